The molecule has 2 rings (SSSR count). The van der Waals surface area contributed by atoms with Gasteiger partial charge >= 0.3 is 12.1 Å². The minimum Gasteiger partial charge on any atom is -0.461 e. The number of rotatable bonds is 4. The van der Waals surface area contributed by atoms with Gasteiger partial charge in [-0.2, -0.15) is 22.7 Å². The summed E-state index contributed by atoms with van der Waals surface area (Å²) < 4.78 is 57.2. The molecule has 2 heterocycles. The van der Waals surface area contributed by atoms with E-state index in [4.69, 9.17) is 0 Å². The largest absolute Gasteiger partial charge is 0.461 e. The number of hydrogen-bond donors (Lipinski definition) is 0. The summed E-state index contributed by atoms with van der Waals surface area (Å²) in [5.74, 6) is -1.92. The molecule has 0 aliphatic heterocycles. The van der Waals surface area contributed by atoms with E-state index in [0.29, 0.717) is 6.20 Å². The molecule has 0 aromatic carbocycles. The maximum atomic E-state index is 13.0. The van der Waals surface area contributed by atoms with Crippen molar-refractivity contribution in [3.05, 3.63) is 47.3 Å². The minimum absolute atomic E-state index is 0.0750. The molecule has 0 atom stereocenters. The Bertz CT molecular complexity index is 682. The molecular weight excluding hydrogens is 306 g/mol. The Morgan fingerprint density at radius 3 is 2.68 bits per heavy atom. The van der Waals surface area contributed by atoms with Crippen LogP contribution in [0.1, 0.15) is 28.7 Å². The summed E-state index contributed by atoms with van der Waals surface area (Å²) in [5, 5.41) is 3.58. The summed E-state index contributed by atoms with van der Waals surface area (Å²) in [5.41, 5.74) is -1.86. The third-order valence-electron chi connectivity index (χ3n) is 2.63. The molecule has 0 bridgehead atoms. The van der Waals surface area contributed by atoms with E-state index in [1.165, 1.54) is 19.1 Å². The van der Waals surface area contributed by atoms with Gasteiger partial charge in [-0.3, -0.25) is 4.68 Å². The number of pyridine rings is 1. The topological polar surface area (TPSA) is 57.0 Å². The fourth-order valence-corrected chi connectivity index (χ4v) is 1.76. The standard InChI is InChI=1S/C13H11F4N3O2/c1-2-22-12(21)11-9(13(15,16)17)7-20(19-11)6-8-4-3-5-10(14)18-8/h3-5,7H,2,6H2,1H3. The molecule has 118 valence electrons. The Kier molecular flexibility index (Phi) is 4.43. The lowest BCUT2D eigenvalue weighted by Crippen LogP contribution is -2.14. The van der Waals surface area contributed by atoms with Gasteiger partial charge in [0.1, 0.15) is 5.56 Å². The van der Waals surface area contributed by atoms with Gasteiger partial charge in [0, 0.05) is 6.20 Å². The van der Waals surface area contributed by atoms with Gasteiger partial charge in [-0.05, 0) is 19.1 Å². The summed E-state index contributed by atoms with van der Waals surface area (Å²) in [6.07, 6.45) is -4.09. The van der Waals surface area contributed by atoms with E-state index < -0.39 is 29.4 Å². The molecule has 0 N–H and O–H groups in total. The summed E-state index contributed by atoms with van der Waals surface area (Å²) in [6, 6.07) is 3.91. The van der Waals surface area contributed by atoms with Gasteiger partial charge in [-0.15, -0.1) is 0 Å². The van der Waals surface area contributed by atoms with Crippen molar-refractivity contribution in [2.45, 2.75) is 19.6 Å². The van der Waals surface area contributed by atoms with E-state index in [9.17, 15) is 22.4 Å². The highest BCUT2D eigenvalue weighted by Gasteiger charge is 2.38. The number of hydrogen-bond acceptors (Lipinski definition) is 4. The number of carbonyl (C=O) groups is 1. The zero-order valence-electron chi connectivity index (χ0n) is 11.4. The molecule has 0 amide bonds. The van der Waals surface area contributed by atoms with Gasteiger partial charge < -0.3 is 4.74 Å². The molecule has 0 unspecified atom stereocenters. The maximum Gasteiger partial charge on any atom is 0.420 e. The highest BCUT2D eigenvalue weighted by atomic mass is 19.4. The summed E-state index contributed by atoms with van der Waals surface area (Å²) in [4.78, 5) is 15.1. The van der Waals surface area contributed by atoms with Crippen molar-refractivity contribution in [1.82, 2.24) is 14.8 Å². The number of ether oxygens (including phenoxy) is 1. The number of alkyl halides is 3. The van der Waals surface area contributed by atoms with Crippen molar-refractivity contribution in [3.63, 3.8) is 0 Å². The highest BCUT2D eigenvalue weighted by molar-refractivity contribution is 5.89. The van der Waals surface area contributed by atoms with Crippen LogP contribution in [0.2, 0.25) is 0 Å². The Labute approximate surface area is 122 Å². The molecule has 0 aliphatic rings. The quantitative estimate of drug-likeness (QED) is 0.494. The molecule has 0 saturated carbocycles. The van der Waals surface area contributed by atoms with Crippen molar-refractivity contribution < 1.29 is 27.1 Å². The Morgan fingerprint density at radius 2 is 2.09 bits per heavy atom. The second-order valence-corrected chi connectivity index (χ2v) is 4.26. The average molecular weight is 317 g/mol. The van der Waals surface area contributed by atoms with E-state index in [2.05, 4.69) is 14.8 Å². The molecule has 0 fully saturated rings. The van der Waals surface area contributed by atoms with Crippen molar-refractivity contribution in [1.29, 1.82) is 0 Å². The van der Waals surface area contributed by atoms with Gasteiger partial charge in [-0.1, -0.05) is 6.07 Å². The van der Waals surface area contributed by atoms with Crippen LogP contribution in [-0.4, -0.2) is 27.3 Å². The monoisotopic (exact) mass is 317 g/mol. The summed E-state index contributed by atoms with van der Waals surface area (Å²) in [6.45, 7) is 1.19. The van der Waals surface area contributed by atoms with Crippen molar-refractivity contribution in [3.8, 4) is 0 Å². The molecular formula is C13H11F4N3O2. The zero-order valence-corrected chi connectivity index (χ0v) is 11.4. The van der Waals surface area contributed by atoms with Crippen molar-refractivity contribution >= 4 is 5.97 Å². The van der Waals surface area contributed by atoms with Crippen LogP contribution in [0, 0.1) is 5.95 Å². The van der Waals surface area contributed by atoms with Crippen LogP contribution in [-0.2, 0) is 17.5 Å². The van der Waals surface area contributed by atoms with Gasteiger partial charge in [0.15, 0.2) is 5.69 Å². The van der Waals surface area contributed by atoms with E-state index in [1.807, 2.05) is 0 Å². The van der Waals surface area contributed by atoms with E-state index >= 15 is 0 Å². The molecule has 0 saturated heterocycles. The molecule has 0 radical (unpaired) electrons. The maximum absolute atomic E-state index is 13.0. The first-order valence-corrected chi connectivity index (χ1v) is 6.24. The van der Waals surface area contributed by atoms with Crippen LogP contribution in [0.4, 0.5) is 17.6 Å². The van der Waals surface area contributed by atoms with Gasteiger partial charge in [-0.25, -0.2) is 9.78 Å². The van der Waals surface area contributed by atoms with Crippen molar-refractivity contribution in [2.75, 3.05) is 6.61 Å². The third kappa shape index (κ3) is 3.60. The highest BCUT2D eigenvalue weighted by Crippen LogP contribution is 2.32. The summed E-state index contributed by atoms with van der Waals surface area (Å²) >= 11 is 0. The molecule has 5 nitrogen and oxygen atoms in total. The van der Waals surface area contributed by atoms with E-state index in [0.717, 1.165) is 10.7 Å². The predicted octanol–water partition coefficient (Wildman–Crippen LogP) is 2.66. The normalized spacial score (nSPS) is 11.5. The molecule has 2 aromatic heterocycles. The van der Waals surface area contributed by atoms with Crippen LogP contribution < -0.4 is 0 Å². The van der Waals surface area contributed by atoms with Gasteiger partial charge in [0.05, 0.1) is 18.8 Å². The van der Waals surface area contributed by atoms with Crippen LogP contribution in [0.5, 0.6) is 0 Å². The first kappa shape index (κ1) is 15.9. The molecule has 0 spiro atoms. The van der Waals surface area contributed by atoms with Crippen molar-refractivity contribution in [2.24, 2.45) is 0 Å². The zero-order chi connectivity index (χ0) is 16.3. The van der Waals surface area contributed by atoms with Gasteiger partial charge in [0.25, 0.3) is 0 Å². The lowest BCUT2D eigenvalue weighted by Gasteiger charge is -2.05. The fourth-order valence-electron chi connectivity index (χ4n) is 1.76. The molecule has 0 aliphatic carbocycles. The molecule has 22 heavy (non-hydrogen) atoms. The smallest absolute Gasteiger partial charge is 0.420 e. The average Bonchev–Trinajstić information content (AvgIpc) is 2.83. The predicted molar refractivity (Wildman–Crippen MR) is 66.5 cm³/mol. The van der Waals surface area contributed by atoms with Crippen LogP contribution in [0.3, 0.4) is 0 Å². The van der Waals surface area contributed by atoms with Crippen LogP contribution >= 0.6 is 0 Å². The fraction of sp³-hybridized carbons (Fsp3) is 0.308. The van der Waals surface area contributed by atoms with E-state index in [1.54, 1.807) is 0 Å². The Morgan fingerprint density at radius 1 is 1.36 bits per heavy atom. The number of esters is 1. The minimum atomic E-state index is -4.75. The number of aromatic nitrogens is 3. The first-order valence-electron chi connectivity index (χ1n) is 6.24. The lowest BCUT2D eigenvalue weighted by atomic mass is 10.2. The van der Waals surface area contributed by atoms with Gasteiger partial charge in [0.2, 0.25) is 5.95 Å². The Hall–Kier alpha value is -2.45. The summed E-state index contributed by atoms with van der Waals surface area (Å²) in [7, 11) is 0. The van der Waals surface area contributed by atoms with Crippen LogP contribution in [0.15, 0.2) is 24.4 Å². The second kappa shape index (κ2) is 6.12. The number of halogens is 4. The number of nitrogens with zero attached hydrogens (tertiary/aromatic N) is 3. The first-order chi connectivity index (χ1) is 10.3. The second-order valence-electron chi connectivity index (χ2n) is 4.26. The SMILES string of the molecule is CCOC(=O)c1nn(Cc2cccc(F)n2)cc1C(F)(F)F. The molecule has 2 aromatic rings. The lowest BCUT2D eigenvalue weighted by molar-refractivity contribution is -0.138. The third-order valence-corrected chi connectivity index (χ3v) is 2.63. The molecule has 9 heteroatoms. The van der Waals surface area contributed by atoms with E-state index in [-0.39, 0.29) is 18.8 Å². The Balaban J connectivity index is 2.35. The number of carbonyl (C=O) groups excluding carboxylic acids is 1. The van der Waals surface area contributed by atoms with Crippen LogP contribution in [0.25, 0.3) is 0 Å².